The van der Waals surface area contributed by atoms with Crippen LogP contribution in [0.1, 0.15) is 37.5 Å². The maximum atomic E-state index is 11.5. The monoisotopic (exact) mass is 451 g/mol. The van der Waals surface area contributed by atoms with Crippen molar-refractivity contribution in [2.45, 2.75) is 50.8 Å². The van der Waals surface area contributed by atoms with Crippen LogP contribution in [0.25, 0.3) is 0 Å². The molecule has 2 rings (SSSR count). The molecule has 0 saturated carbocycles. The highest BCUT2D eigenvalue weighted by Gasteiger charge is 2.22. The maximum absolute atomic E-state index is 11.5. The third-order valence-corrected chi connectivity index (χ3v) is 5.84. The molecule has 0 amide bonds. The highest BCUT2D eigenvalue weighted by Crippen LogP contribution is 2.35. The lowest BCUT2D eigenvalue weighted by Crippen LogP contribution is -2.41. The van der Waals surface area contributed by atoms with E-state index in [4.69, 9.17) is 8.92 Å². The molecule has 2 aromatic rings. The van der Waals surface area contributed by atoms with Gasteiger partial charge in [0.05, 0.1) is 17.8 Å². The van der Waals surface area contributed by atoms with E-state index in [9.17, 15) is 13.2 Å². The van der Waals surface area contributed by atoms with Gasteiger partial charge in [0, 0.05) is 19.0 Å². The Kier molecular flexibility index (Phi) is 8.49. The first-order chi connectivity index (χ1) is 14.0. The summed E-state index contributed by atoms with van der Waals surface area (Å²) in [5, 5.41) is 3.56. The van der Waals surface area contributed by atoms with Crippen molar-refractivity contribution in [3.8, 4) is 5.75 Å². The summed E-state index contributed by atoms with van der Waals surface area (Å²) >= 11 is 1.44. The first-order valence-corrected chi connectivity index (χ1v) is 12.6. The van der Waals surface area contributed by atoms with Gasteiger partial charge in [-0.1, -0.05) is 36.4 Å². The van der Waals surface area contributed by atoms with Gasteiger partial charge >= 0.3 is 5.97 Å². The van der Waals surface area contributed by atoms with Gasteiger partial charge in [-0.05, 0) is 49.3 Å². The fourth-order valence-electron chi connectivity index (χ4n) is 3.10. The second-order valence-corrected chi connectivity index (χ2v) is 10.2. The zero-order valence-electron chi connectivity index (χ0n) is 18.0. The van der Waals surface area contributed by atoms with Gasteiger partial charge in [0.25, 0.3) is 10.1 Å². The SMILES string of the molecule is CSc1c(OC(C)=O)ccc(COS(C)(=O)=O)c1CNC(C)(C)Cc1ccccc1. The van der Waals surface area contributed by atoms with Crippen molar-refractivity contribution in [3.05, 3.63) is 59.2 Å². The molecule has 0 radical (unpaired) electrons. The highest BCUT2D eigenvalue weighted by molar-refractivity contribution is 7.98. The molecule has 0 saturated heterocycles. The van der Waals surface area contributed by atoms with Crippen LogP contribution >= 0.6 is 11.8 Å². The Morgan fingerprint density at radius 1 is 1.13 bits per heavy atom. The molecule has 0 bridgehead atoms. The minimum Gasteiger partial charge on any atom is -0.426 e. The zero-order chi connectivity index (χ0) is 22.4. The second kappa shape index (κ2) is 10.4. The molecule has 6 nitrogen and oxygen atoms in total. The van der Waals surface area contributed by atoms with Crippen molar-refractivity contribution < 1.29 is 22.1 Å². The minimum absolute atomic E-state index is 0.0805. The van der Waals surface area contributed by atoms with E-state index < -0.39 is 16.1 Å². The molecule has 0 aromatic heterocycles. The zero-order valence-corrected chi connectivity index (χ0v) is 19.7. The molecule has 0 aliphatic carbocycles. The van der Waals surface area contributed by atoms with E-state index in [2.05, 4.69) is 31.3 Å². The van der Waals surface area contributed by atoms with Crippen LogP contribution in [0.2, 0.25) is 0 Å². The molecular formula is C22H29NO5S2. The molecule has 0 fully saturated rings. The summed E-state index contributed by atoms with van der Waals surface area (Å²) in [4.78, 5) is 12.3. The number of hydrogen-bond acceptors (Lipinski definition) is 7. The molecule has 2 aromatic carbocycles. The van der Waals surface area contributed by atoms with Crippen molar-refractivity contribution >= 4 is 27.8 Å². The third-order valence-electron chi connectivity index (χ3n) is 4.44. The van der Waals surface area contributed by atoms with Crippen molar-refractivity contribution in [1.82, 2.24) is 5.32 Å². The molecule has 1 N–H and O–H groups in total. The lowest BCUT2D eigenvalue weighted by Gasteiger charge is -2.28. The Labute approximate surface area is 183 Å². The number of rotatable bonds is 10. The van der Waals surface area contributed by atoms with Crippen LogP contribution in [0.3, 0.4) is 0 Å². The number of carbonyl (C=O) groups is 1. The second-order valence-electron chi connectivity index (χ2n) is 7.69. The number of carbonyl (C=O) groups excluding carboxylic acids is 1. The van der Waals surface area contributed by atoms with Crippen LogP contribution in [-0.4, -0.2) is 32.4 Å². The molecule has 0 unspecified atom stereocenters. The van der Waals surface area contributed by atoms with Crippen LogP contribution in [0.15, 0.2) is 47.4 Å². The fraction of sp³-hybridized carbons (Fsp3) is 0.409. The van der Waals surface area contributed by atoms with Gasteiger partial charge in [-0.15, -0.1) is 11.8 Å². The van der Waals surface area contributed by atoms with Crippen molar-refractivity contribution in [3.63, 3.8) is 0 Å². The average Bonchev–Trinajstić information content (AvgIpc) is 2.64. The normalized spacial score (nSPS) is 12.0. The molecule has 8 heteroatoms. The van der Waals surface area contributed by atoms with E-state index in [0.29, 0.717) is 12.3 Å². The molecular weight excluding hydrogens is 422 g/mol. The van der Waals surface area contributed by atoms with Gasteiger partial charge in [-0.2, -0.15) is 8.42 Å². The first kappa shape index (κ1) is 24.4. The van der Waals surface area contributed by atoms with Crippen LogP contribution in [0.4, 0.5) is 0 Å². The van der Waals surface area contributed by atoms with E-state index in [-0.39, 0.29) is 12.1 Å². The van der Waals surface area contributed by atoms with Gasteiger partial charge in [-0.3, -0.25) is 8.98 Å². The van der Waals surface area contributed by atoms with Gasteiger partial charge < -0.3 is 10.1 Å². The van der Waals surface area contributed by atoms with E-state index in [1.54, 1.807) is 12.1 Å². The van der Waals surface area contributed by atoms with Gasteiger partial charge in [0.2, 0.25) is 0 Å². The van der Waals surface area contributed by atoms with E-state index in [0.717, 1.165) is 28.7 Å². The Balaban J connectivity index is 2.31. The van der Waals surface area contributed by atoms with Gasteiger partial charge in [0.1, 0.15) is 5.75 Å². The van der Waals surface area contributed by atoms with E-state index >= 15 is 0 Å². The minimum atomic E-state index is -3.58. The largest absolute Gasteiger partial charge is 0.426 e. The summed E-state index contributed by atoms with van der Waals surface area (Å²) in [7, 11) is -3.58. The number of nitrogens with one attached hydrogen (secondary N) is 1. The van der Waals surface area contributed by atoms with Crippen molar-refractivity contribution in [1.29, 1.82) is 0 Å². The smallest absolute Gasteiger partial charge is 0.308 e. The van der Waals surface area contributed by atoms with Crippen LogP contribution in [0.5, 0.6) is 5.75 Å². The van der Waals surface area contributed by atoms with Crippen molar-refractivity contribution in [2.75, 3.05) is 12.5 Å². The number of benzene rings is 2. The van der Waals surface area contributed by atoms with E-state index in [1.807, 2.05) is 24.5 Å². The maximum Gasteiger partial charge on any atom is 0.308 e. The summed E-state index contributed by atoms with van der Waals surface area (Å²) in [6.45, 7) is 5.96. The van der Waals surface area contributed by atoms with Gasteiger partial charge in [-0.25, -0.2) is 0 Å². The highest BCUT2D eigenvalue weighted by atomic mass is 32.2. The first-order valence-electron chi connectivity index (χ1n) is 9.51. The Morgan fingerprint density at radius 2 is 1.80 bits per heavy atom. The number of hydrogen-bond donors (Lipinski definition) is 1. The summed E-state index contributed by atoms with van der Waals surface area (Å²) in [6.07, 6.45) is 3.74. The third kappa shape index (κ3) is 7.75. The summed E-state index contributed by atoms with van der Waals surface area (Å²) < 4.78 is 33.4. The number of ether oxygens (including phenoxy) is 1. The van der Waals surface area contributed by atoms with Crippen LogP contribution < -0.4 is 10.1 Å². The standard InChI is InChI=1S/C22H29NO5S2/c1-16(24)28-20-12-11-18(15-27-30(5,25)26)19(21(20)29-4)14-23-22(2,3)13-17-9-7-6-8-10-17/h6-12,23H,13-15H2,1-5H3. The summed E-state index contributed by atoms with van der Waals surface area (Å²) in [5.41, 5.74) is 2.58. The molecule has 30 heavy (non-hydrogen) atoms. The predicted octanol–water partition coefficient (Wildman–Crippen LogP) is 3.92. The Bertz CT molecular complexity index is 973. The average molecular weight is 452 g/mol. The van der Waals surface area contributed by atoms with Crippen LogP contribution in [-0.2, 0) is 38.7 Å². The Morgan fingerprint density at radius 3 is 2.37 bits per heavy atom. The number of esters is 1. The van der Waals surface area contributed by atoms with Gasteiger partial charge in [0.15, 0.2) is 0 Å². The molecule has 0 heterocycles. The fourth-order valence-corrected chi connectivity index (χ4v) is 4.20. The quantitative estimate of drug-likeness (QED) is 0.254. The summed E-state index contributed by atoms with van der Waals surface area (Å²) in [6, 6.07) is 13.6. The molecule has 0 spiro atoms. The van der Waals surface area contributed by atoms with E-state index in [1.165, 1.54) is 24.2 Å². The van der Waals surface area contributed by atoms with Crippen LogP contribution in [0, 0.1) is 0 Å². The number of thioether (sulfide) groups is 1. The molecule has 0 aliphatic heterocycles. The molecule has 0 aliphatic rings. The predicted molar refractivity (Wildman–Crippen MR) is 120 cm³/mol. The topological polar surface area (TPSA) is 81.7 Å². The Hall–Kier alpha value is -1.87. The molecule has 0 atom stereocenters. The van der Waals surface area contributed by atoms with Crippen molar-refractivity contribution in [2.24, 2.45) is 0 Å². The molecule has 164 valence electrons. The lowest BCUT2D eigenvalue weighted by molar-refractivity contribution is -0.132. The lowest BCUT2D eigenvalue weighted by atomic mass is 9.94. The summed E-state index contributed by atoms with van der Waals surface area (Å²) in [5.74, 6) is 0.0459.